The molecule has 102 valence electrons. The van der Waals surface area contributed by atoms with E-state index in [2.05, 4.69) is 36.8 Å². The van der Waals surface area contributed by atoms with Crippen LogP contribution in [0.4, 0.5) is 5.69 Å². The van der Waals surface area contributed by atoms with Gasteiger partial charge in [0.05, 0.1) is 11.3 Å². The highest BCUT2D eigenvalue weighted by Gasteiger charge is 2.31. The first-order valence-electron chi connectivity index (χ1n) is 6.67. The Hall–Kier alpha value is -1.57. The Morgan fingerprint density at radius 1 is 1.37 bits per heavy atom. The summed E-state index contributed by atoms with van der Waals surface area (Å²) in [4.78, 5) is 4.67. The van der Waals surface area contributed by atoms with Crippen LogP contribution in [-0.2, 0) is 6.54 Å². The minimum Gasteiger partial charge on any atom is -0.367 e. The third-order valence-corrected chi connectivity index (χ3v) is 4.07. The Kier molecular flexibility index (Phi) is 3.79. The first-order valence-corrected chi connectivity index (χ1v) is 6.67. The lowest BCUT2D eigenvalue weighted by Crippen LogP contribution is -2.57. The van der Waals surface area contributed by atoms with Crippen LogP contribution in [0, 0.1) is 11.3 Å². The molecule has 0 bridgehead atoms. The fourth-order valence-electron chi connectivity index (χ4n) is 2.52. The van der Waals surface area contributed by atoms with Crippen LogP contribution in [0.2, 0.25) is 0 Å². The molecule has 0 spiro atoms. The van der Waals surface area contributed by atoms with Crippen molar-refractivity contribution >= 4 is 5.69 Å². The van der Waals surface area contributed by atoms with Crippen molar-refractivity contribution in [2.75, 3.05) is 31.6 Å². The van der Waals surface area contributed by atoms with E-state index in [1.165, 1.54) is 0 Å². The third kappa shape index (κ3) is 2.73. The molecular formula is C15H22N4. The lowest BCUT2D eigenvalue weighted by Gasteiger charge is -2.46. The lowest BCUT2D eigenvalue weighted by molar-refractivity contribution is 0.139. The molecule has 4 nitrogen and oxygen atoms in total. The largest absolute Gasteiger partial charge is 0.367 e. The summed E-state index contributed by atoms with van der Waals surface area (Å²) in [6, 6.07) is 8.24. The van der Waals surface area contributed by atoms with E-state index in [1.807, 2.05) is 18.2 Å². The molecule has 19 heavy (non-hydrogen) atoms. The normalized spacial score (nSPS) is 19.2. The summed E-state index contributed by atoms with van der Waals surface area (Å²) in [5.74, 6) is 0. The Morgan fingerprint density at radius 2 is 2.11 bits per heavy atom. The van der Waals surface area contributed by atoms with Gasteiger partial charge in [0, 0.05) is 31.7 Å². The fraction of sp³-hybridized carbons (Fsp3) is 0.533. The number of hydrogen-bond donors (Lipinski definition) is 1. The van der Waals surface area contributed by atoms with Crippen LogP contribution in [0.1, 0.15) is 25.0 Å². The second-order valence-corrected chi connectivity index (χ2v) is 5.82. The number of anilines is 1. The van der Waals surface area contributed by atoms with Gasteiger partial charge in [-0.2, -0.15) is 5.26 Å². The maximum absolute atomic E-state index is 9.32. The van der Waals surface area contributed by atoms with Gasteiger partial charge in [0.1, 0.15) is 6.07 Å². The summed E-state index contributed by atoms with van der Waals surface area (Å²) in [6.07, 6.45) is 0. The number of nitriles is 1. The van der Waals surface area contributed by atoms with E-state index in [1.54, 1.807) is 0 Å². The average molecular weight is 258 g/mol. The molecule has 0 radical (unpaired) electrons. The molecule has 1 heterocycles. The van der Waals surface area contributed by atoms with Gasteiger partial charge in [-0.15, -0.1) is 0 Å². The molecule has 2 N–H and O–H groups in total. The predicted octanol–water partition coefficient (Wildman–Crippen LogP) is 1.55. The molecule has 4 heteroatoms. The zero-order chi connectivity index (χ0) is 14.0. The Balaban J connectivity index is 2.30. The van der Waals surface area contributed by atoms with Gasteiger partial charge < -0.3 is 10.6 Å². The molecule has 0 aliphatic carbocycles. The van der Waals surface area contributed by atoms with Crippen molar-refractivity contribution in [3.8, 4) is 6.07 Å². The molecule has 0 saturated carbocycles. The summed E-state index contributed by atoms with van der Waals surface area (Å²) < 4.78 is 0. The lowest BCUT2D eigenvalue weighted by atomic mass is 9.98. The first kappa shape index (κ1) is 13.9. The highest BCUT2D eigenvalue weighted by atomic mass is 15.3. The molecular weight excluding hydrogens is 236 g/mol. The van der Waals surface area contributed by atoms with Crippen molar-refractivity contribution < 1.29 is 0 Å². The van der Waals surface area contributed by atoms with Gasteiger partial charge in [-0.05, 0) is 38.6 Å². The van der Waals surface area contributed by atoms with Gasteiger partial charge in [-0.25, -0.2) is 0 Å². The number of likely N-dealkylation sites (N-methyl/N-ethyl adjacent to an activating group) is 1. The molecule has 1 aromatic rings. The van der Waals surface area contributed by atoms with Crippen molar-refractivity contribution in [2.45, 2.75) is 25.9 Å². The minimum atomic E-state index is 0.123. The van der Waals surface area contributed by atoms with Crippen LogP contribution in [-0.4, -0.2) is 37.1 Å². The summed E-state index contributed by atoms with van der Waals surface area (Å²) in [7, 11) is 2.15. The monoisotopic (exact) mass is 258 g/mol. The molecule has 0 amide bonds. The first-order chi connectivity index (χ1) is 8.97. The maximum Gasteiger partial charge on any atom is 0.101 e. The van der Waals surface area contributed by atoms with Crippen molar-refractivity contribution in [2.24, 2.45) is 5.73 Å². The Bertz CT molecular complexity index is 501. The van der Waals surface area contributed by atoms with Crippen LogP contribution < -0.4 is 10.6 Å². The number of rotatable bonds is 2. The summed E-state index contributed by atoms with van der Waals surface area (Å²) >= 11 is 0. The molecule has 1 aliphatic heterocycles. The van der Waals surface area contributed by atoms with Crippen LogP contribution in [0.5, 0.6) is 0 Å². The number of nitrogens with zero attached hydrogens (tertiary/aromatic N) is 3. The van der Waals surface area contributed by atoms with Crippen LogP contribution in [0.15, 0.2) is 18.2 Å². The standard InChI is InChI=1S/C15H22N4/c1-15(2)11-19(7-6-18(15)3)14-5-4-12(9-16)8-13(14)10-17/h4-5,8H,6-7,9,11,16H2,1-3H3. The van der Waals surface area contributed by atoms with Crippen LogP contribution >= 0.6 is 0 Å². The molecule has 1 aromatic carbocycles. The van der Waals surface area contributed by atoms with Gasteiger partial charge in [-0.3, -0.25) is 4.90 Å². The topological polar surface area (TPSA) is 56.3 Å². The van der Waals surface area contributed by atoms with Crippen molar-refractivity contribution in [1.82, 2.24) is 4.90 Å². The molecule has 1 saturated heterocycles. The van der Waals surface area contributed by atoms with Gasteiger partial charge in [0.2, 0.25) is 0 Å². The van der Waals surface area contributed by atoms with Gasteiger partial charge in [0.15, 0.2) is 0 Å². The van der Waals surface area contributed by atoms with E-state index >= 15 is 0 Å². The third-order valence-electron chi connectivity index (χ3n) is 4.07. The molecule has 0 aromatic heterocycles. The highest BCUT2D eigenvalue weighted by molar-refractivity contribution is 5.61. The van der Waals surface area contributed by atoms with E-state index in [9.17, 15) is 5.26 Å². The Labute approximate surface area is 115 Å². The highest BCUT2D eigenvalue weighted by Crippen LogP contribution is 2.27. The van der Waals surface area contributed by atoms with Crippen molar-refractivity contribution in [3.63, 3.8) is 0 Å². The number of nitrogens with two attached hydrogens (primary N) is 1. The van der Waals surface area contributed by atoms with Crippen LogP contribution in [0.3, 0.4) is 0 Å². The van der Waals surface area contributed by atoms with E-state index < -0.39 is 0 Å². The number of piperazine rings is 1. The van der Waals surface area contributed by atoms with Crippen molar-refractivity contribution in [1.29, 1.82) is 5.26 Å². The minimum absolute atomic E-state index is 0.123. The quantitative estimate of drug-likeness (QED) is 0.874. The van der Waals surface area contributed by atoms with E-state index in [0.29, 0.717) is 6.54 Å². The predicted molar refractivity (Wildman–Crippen MR) is 78.0 cm³/mol. The summed E-state index contributed by atoms with van der Waals surface area (Å²) in [6.45, 7) is 7.84. The van der Waals surface area contributed by atoms with Crippen LogP contribution in [0.25, 0.3) is 0 Å². The van der Waals surface area contributed by atoms with E-state index in [0.717, 1.165) is 36.4 Å². The van der Waals surface area contributed by atoms with Crippen molar-refractivity contribution in [3.05, 3.63) is 29.3 Å². The molecule has 2 rings (SSSR count). The second kappa shape index (κ2) is 5.20. The van der Waals surface area contributed by atoms with Gasteiger partial charge in [-0.1, -0.05) is 6.07 Å². The Morgan fingerprint density at radius 3 is 2.68 bits per heavy atom. The number of hydrogen-bond acceptors (Lipinski definition) is 4. The molecule has 0 unspecified atom stereocenters. The van der Waals surface area contributed by atoms with Gasteiger partial charge in [0.25, 0.3) is 0 Å². The number of benzene rings is 1. The average Bonchev–Trinajstić information content (AvgIpc) is 2.41. The SMILES string of the molecule is CN1CCN(c2ccc(CN)cc2C#N)CC1(C)C. The van der Waals surface area contributed by atoms with Gasteiger partial charge >= 0.3 is 0 Å². The second-order valence-electron chi connectivity index (χ2n) is 5.82. The zero-order valence-electron chi connectivity index (χ0n) is 12.0. The molecule has 1 fully saturated rings. The summed E-state index contributed by atoms with van der Waals surface area (Å²) in [5, 5.41) is 9.32. The zero-order valence-corrected chi connectivity index (χ0v) is 12.0. The molecule has 0 atom stereocenters. The van der Waals surface area contributed by atoms with E-state index in [-0.39, 0.29) is 5.54 Å². The van der Waals surface area contributed by atoms with E-state index in [4.69, 9.17) is 5.73 Å². The smallest absolute Gasteiger partial charge is 0.101 e. The summed E-state index contributed by atoms with van der Waals surface area (Å²) in [5.41, 5.74) is 8.52. The fourth-order valence-corrected chi connectivity index (χ4v) is 2.52. The molecule has 1 aliphatic rings. The maximum atomic E-state index is 9.32.